The summed E-state index contributed by atoms with van der Waals surface area (Å²) in [4.78, 5) is 31.5. The van der Waals surface area contributed by atoms with Crippen molar-refractivity contribution in [3.8, 4) is 0 Å². The number of thioether (sulfide) groups is 1. The number of rotatable bonds is 6. The van der Waals surface area contributed by atoms with Gasteiger partial charge in [0.15, 0.2) is 22.6 Å². The number of nitrogens with zero attached hydrogens (tertiary/aromatic N) is 2. The first kappa shape index (κ1) is 22.1. The van der Waals surface area contributed by atoms with Crippen LogP contribution in [0.3, 0.4) is 0 Å². The molecule has 0 aliphatic carbocycles. The number of fused-ring (bicyclic) bond motifs is 1. The van der Waals surface area contributed by atoms with Crippen LogP contribution >= 0.6 is 23.1 Å². The van der Waals surface area contributed by atoms with Crippen molar-refractivity contribution in [3.63, 3.8) is 0 Å². The van der Waals surface area contributed by atoms with Gasteiger partial charge in [-0.2, -0.15) is 0 Å². The number of carbonyl (C=O) groups excluding carboxylic acids is 1. The number of thiophene rings is 1. The van der Waals surface area contributed by atoms with Gasteiger partial charge in [0.25, 0.3) is 5.56 Å². The van der Waals surface area contributed by atoms with Gasteiger partial charge in [-0.05, 0) is 38.5 Å². The molecule has 1 atom stereocenters. The van der Waals surface area contributed by atoms with Crippen LogP contribution in [-0.2, 0) is 11.3 Å². The molecule has 0 spiro atoms. The van der Waals surface area contributed by atoms with E-state index in [1.165, 1.54) is 22.8 Å². The minimum absolute atomic E-state index is 0.199. The van der Waals surface area contributed by atoms with E-state index in [4.69, 9.17) is 0 Å². The Morgan fingerprint density at radius 1 is 1.33 bits per heavy atom. The molecule has 0 saturated heterocycles. The van der Waals surface area contributed by atoms with Crippen LogP contribution in [0.4, 0.5) is 18.9 Å². The summed E-state index contributed by atoms with van der Waals surface area (Å²) in [5.74, 6) is -5.14. The number of benzene rings is 1. The maximum atomic E-state index is 13.8. The van der Waals surface area contributed by atoms with Gasteiger partial charge in [-0.25, -0.2) is 18.2 Å². The van der Waals surface area contributed by atoms with E-state index in [9.17, 15) is 22.8 Å². The Morgan fingerprint density at radius 3 is 2.70 bits per heavy atom. The van der Waals surface area contributed by atoms with Gasteiger partial charge < -0.3 is 5.32 Å². The molecule has 158 valence electrons. The standard InChI is InChI=1S/C20H18F3N3O2S2/c1-5-8-26-19(28)14-9(2)10(3)29-18(14)25-20(26)30-11(4)17(27)24-13-7-6-12(21)15(22)16(13)23/h5-7,11H,1,8H2,2-4H3,(H,24,27)/t11-/m1/s1. The zero-order valence-electron chi connectivity index (χ0n) is 16.4. The first-order chi connectivity index (χ1) is 14.1. The van der Waals surface area contributed by atoms with Gasteiger partial charge in [-0.15, -0.1) is 17.9 Å². The lowest BCUT2D eigenvalue weighted by molar-refractivity contribution is -0.115. The van der Waals surface area contributed by atoms with Crippen LogP contribution in [0.1, 0.15) is 17.4 Å². The summed E-state index contributed by atoms with van der Waals surface area (Å²) in [6.45, 7) is 9.15. The number of amides is 1. The fourth-order valence-electron chi connectivity index (χ4n) is 2.76. The molecule has 0 bridgehead atoms. The molecule has 3 rings (SSSR count). The molecule has 0 fully saturated rings. The van der Waals surface area contributed by atoms with Crippen LogP contribution in [-0.4, -0.2) is 20.7 Å². The van der Waals surface area contributed by atoms with Crippen molar-refractivity contribution in [3.05, 3.63) is 63.0 Å². The van der Waals surface area contributed by atoms with E-state index in [2.05, 4.69) is 16.9 Å². The monoisotopic (exact) mass is 453 g/mol. The van der Waals surface area contributed by atoms with Crippen LogP contribution in [0.25, 0.3) is 10.2 Å². The zero-order valence-corrected chi connectivity index (χ0v) is 18.0. The smallest absolute Gasteiger partial charge is 0.263 e. The van der Waals surface area contributed by atoms with Crippen molar-refractivity contribution in [1.82, 2.24) is 9.55 Å². The van der Waals surface area contributed by atoms with Crippen LogP contribution in [0.2, 0.25) is 0 Å². The van der Waals surface area contributed by atoms with Crippen molar-refractivity contribution in [2.24, 2.45) is 0 Å². The Hall–Kier alpha value is -2.59. The number of halogens is 3. The highest BCUT2D eigenvalue weighted by Gasteiger charge is 2.23. The Kier molecular flexibility index (Phi) is 6.37. The second-order valence-electron chi connectivity index (χ2n) is 6.53. The summed E-state index contributed by atoms with van der Waals surface area (Å²) in [7, 11) is 0. The van der Waals surface area contributed by atoms with E-state index < -0.39 is 34.3 Å². The largest absolute Gasteiger partial charge is 0.323 e. The number of hydrogen-bond acceptors (Lipinski definition) is 5. The zero-order chi connectivity index (χ0) is 22.2. The first-order valence-corrected chi connectivity index (χ1v) is 10.6. The summed E-state index contributed by atoms with van der Waals surface area (Å²) in [5.41, 5.74) is 0.160. The van der Waals surface area contributed by atoms with Crippen molar-refractivity contribution < 1.29 is 18.0 Å². The molecule has 0 radical (unpaired) electrons. The molecule has 0 aliphatic heterocycles. The van der Waals surface area contributed by atoms with E-state index in [1.54, 1.807) is 6.08 Å². The fraction of sp³-hybridized carbons (Fsp3) is 0.250. The maximum absolute atomic E-state index is 13.8. The van der Waals surface area contributed by atoms with E-state index in [0.29, 0.717) is 15.4 Å². The molecule has 5 nitrogen and oxygen atoms in total. The van der Waals surface area contributed by atoms with Gasteiger partial charge in [0, 0.05) is 11.4 Å². The summed E-state index contributed by atoms with van der Waals surface area (Å²) < 4.78 is 41.7. The average Bonchev–Trinajstić information content (AvgIpc) is 2.98. The van der Waals surface area contributed by atoms with Crippen molar-refractivity contribution in [2.75, 3.05) is 5.32 Å². The number of aromatic nitrogens is 2. The number of aryl methyl sites for hydroxylation is 2. The summed E-state index contributed by atoms with van der Waals surface area (Å²) in [6, 6.07) is 1.67. The predicted molar refractivity (Wildman–Crippen MR) is 114 cm³/mol. The molecule has 1 aromatic carbocycles. The summed E-state index contributed by atoms with van der Waals surface area (Å²) in [5, 5.41) is 2.27. The molecular weight excluding hydrogens is 435 g/mol. The second kappa shape index (κ2) is 8.65. The third-order valence-electron chi connectivity index (χ3n) is 4.51. The van der Waals surface area contributed by atoms with Gasteiger partial charge in [0.2, 0.25) is 5.91 Å². The molecule has 0 unspecified atom stereocenters. The topological polar surface area (TPSA) is 64.0 Å². The lowest BCUT2D eigenvalue weighted by atomic mass is 10.2. The summed E-state index contributed by atoms with van der Waals surface area (Å²) in [6.07, 6.45) is 1.55. The molecule has 2 aromatic heterocycles. The third-order valence-corrected chi connectivity index (χ3v) is 6.70. The number of carbonyl (C=O) groups is 1. The maximum Gasteiger partial charge on any atom is 0.263 e. The quantitative estimate of drug-likeness (QED) is 0.252. The molecule has 10 heteroatoms. The molecule has 2 heterocycles. The molecule has 30 heavy (non-hydrogen) atoms. The molecule has 1 amide bonds. The fourth-order valence-corrected chi connectivity index (χ4v) is 4.75. The van der Waals surface area contributed by atoms with Crippen LogP contribution in [0, 0.1) is 31.3 Å². The lowest BCUT2D eigenvalue weighted by Gasteiger charge is -2.15. The SMILES string of the molecule is C=CCn1c(S[C@H](C)C(=O)Nc2ccc(F)c(F)c2F)nc2sc(C)c(C)c2c1=O. The molecule has 1 N–H and O–H groups in total. The van der Waals surface area contributed by atoms with Gasteiger partial charge >= 0.3 is 0 Å². The van der Waals surface area contributed by atoms with Crippen molar-refractivity contribution in [1.29, 1.82) is 0 Å². The molecule has 3 aromatic rings. The normalized spacial score (nSPS) is 12.2. The van der Waals surface area contributed by atoms with Gasteiger partial charge in [-0.1, -0.05) is 17.8 Å². The average molecular weight is 454 g/mol. The van der Waals surface area contributed by atoms with Crippen LogP contribution in [0.5, 0.6) is 0 Å². The highest BCUT2D eigenvalue weighted by Crippen LogP contribution is 2.30. The Balaban J connectivity index is 1.92. The van der Waals surface area contributed by atoms with E-state index >= 15 is 0 Å². The second-order valence-corrected chi connectivity index (χ2v) is 9.05. The van der Waals surface area contributed by atoms with Crippen LogP contribution in [0.15, 0.2) is 34.7 Å². The van der Waals surface area contributed by atoms with Crippen LogP contribution < -0.4 is 10.9 Å². The Bertz CT molecular complexity index is 1220. The van der Waals surface area contributed by atoms with E-state index in [1.807, 2.05) is 13.8 Å². The highest BCUT2D eigenvalue weighted by atomic mass is 32.2. The minimum Gasteiger partial charge on any atom is -0.323 e. The third kappa shape index (κ3) is 4.01. The van der Waals surface area contributed by atoms with Gasteiger partial charge in [0.1, 0.15) is 4.83 Å². The predicted octanol–water partition coefficient (Wildman–Crippen LogP) is 4.80. The molecule has 0 aliphatic rings. The van der Waals surface area contributed by atoms with Gasteiger partial charge in [-0.3, -0.25) is 14.2 Å². The lowest BCUT2D eigenvalue weighted by Crippen LogP contribution is -2.27. The number of allylic oxidation sites excluding steroid dienone is 1. The van der Waals surface area contributed by atoms with E-state index in [0.717, 1.165) is 34.3 Å². The highest BCUT2D eigenvalue weighted by molar-refractivity contribution is 8.00. The van der Waals surface area contributed by atoms with Crippen molar-refractivity contribution in [2.45, 2.75) is 37.7 Å². The number of anilines is 1. The van der Waals surface area contributed by atoms with E-state index in [-0.39, 0.29) is 12.1 Å². The first-order valence-electron chi connectivity index (χ1n) is 8.88. The molecule has 0 saturated carbocycles. The Labute approximate surface area is 178 Å². The number of nitrogens with one attached hydrogen (secondary N) is 1. The molecular formula is C20H18F3N3O2S2. The van der Waals surface area contributed by atoms with Crippen molar-refractivity contribution >= 4 is 44.9 Å². The van der Waals surface area contributed by atoms with Gasteiger partial charge in [0.05, 0.1) is 16.3 Å². The minimum atomic E-state index is -1.66. The number of hydrogen-bond donors (Lipinski definition) is 1. The Morgan fingerprint density at radius 2 is 2.03 bits per heavy atom. The summed E-state index contributed by atoms with van der Waals surface area (Å²) >= 11 is 2.39.